The van der Waals surface area contributed by atoms with Gasteiger partial charge in [-0.15, -0.1) is 0 Å². The molecule has 0 fully saturated rings. The van der Waals surface area contributed by atoms with E-state index < -0.39 is 10.0 Å². The van der Waals surface area contributed by atoms with Crippen molar-refractivity contribution in [2.24, 2.45) is 0 Å². The Kier molecular flexibility index (Phi) is 4.86. The fraction of sp³-hybridized carbons (Fsp3) is 0.143. The summed E-state index contributed by atoms with van der Waals surface area (Å²) in [6, 6.07) is 13.5. The van der Waals surface area contributed by atoms with Crippen LogP contribution >= 0.6 is 27.5 Å². The molecule has 0 aromatic heterocycles. The quantitative estimate of drug-likeness (QED) is 0.874. The molecule has 0 radical (unpaired) electrons. The number of rotatable bonds is 4. The molecule has 1 atom stereocenters. The number of halogens is 2. The third-order valence-corrected chi connectivity index (χ3v) is 5.59. The van der Waals surface area contributed by atoms with Gasteiger partial charge in [-0.05, 0) is 30.7 Å². The maximum atomic E-state index is 12.3. The summed E-state index contributed by atoms with van der Waals surface area (Å²) in [6.45, 7) is 1.79. The first kappa shape index (κ1) is 15.5. The summed E-state index contributed by atoms with van der Waals surface area (Å²) in [5.74, 6) is 0. The maximum absolute atomic E-state index is 12.3. The zero-order valence-corrected chi connectivity index (χ0v) is 13.8. The van der Waals surface area contributed by atoms with E-state index in [1.165, 1.54) is 6.07 Å². The highest BCUT2D eigenvalue weighted by atomic mass is 79.9. The van der Waals surface area contributed by atoms with Gasteiger partial charge < -0.3 is 0 Å². The molecule has 3 nitrogen and oxygen atoms in total. The number of hydrogen-bond donors (Lipinski definition) is 1. The normalized spacial score (nSPS) is 13.2. The molecule has 0 aliphatic rings. The molecule has 0 spiro atoms. The summed E-state index contributed by atoms with van der Waals surface area (Å²) < 4.78 is 28.2. The third-order valence-electron chi connectivity index (χ3n) is 2.83. The van der Waals surface area contributed by atoms with Crippen molar-refractivity contribution in [3.05, 3.63) is 63.6 Å². The van der Waals surface area contributed by atoms with Gasteiger partial charge in [0.15, 0.2) is 0 Å². The summed E-state index contributed by atoms with van der Waals surface area (Å²) in [6.07, 6.45) is 0. The molecular formula is C14H13BrClNO2S. The van der Waals surface area contributed by atoms with Gasteiger partial charge in [0.1, 0.15) is 4.90 Å². The predicted molar refractivity (Wildman–Crippen MR) is 84.3 cm³/mol. The summed E-state index contributed by atoms with van der Waals surface area (Å²) in [4.78, 5) is 0.0839. The first-order valence-electron chi connectivity index (χ1n) is 5.93. The minimum atomic E-state index is -3.66. The Morgan fingerprint density at radius 2 is 1.70 bits per heavy atom. The first-order valence-corrected chi connectivity index (χ1v) is 8.58. The highest BCUT2D eigenvalue weighted by molar-refractivity contribution is 9.10. The molecule has 2 aromatic carbocycles. The number of hydrogen-bond acceptors (Lipinski definition) is 2. The Balaban J connectivity index is 2.30. The Morgan fingerprint density at radius 1 is 1.10 bits per heavy atom. The summed E-state index contributed by atoms with van der Waals surface area (Å²) >= 11 is 9.36. The molecule has 0 aliphatic heterocycles. The minimum Gasteiger partial charge on any atom is -0.207 e. The van der Waals surface area contributed by atoms with E-state index >= 15 is 0 Å². The van der Waals surface area contributed by atoms with E-state index in [9.17, 15) is 8.42 Å². The van der Waals surface area contributed by atoms with E-state index in [4.69, 9.17) is 11.6 Å². The monoisotopic (exact) mass is 373 g/mol. The molecule has 0 bridgehead atoms. The van der Waals surface area contributed by atoms with E-state index in [1.54, 1.807) is 25.1 Å². The molecule has 106 valence electrons. The average Bonchev–Trinajstić information content (AvgIpc) is 2.38. The van der Waals surface area contributed by atoms with Crippen LogP contribution in [0.15, 0.2) is 57.9 Å². The lowest BCUT2D eigenvalue weighted by molar-refractivity contribution is 0.566. The number of nitrogens with one attached hydrogen (secondary N) is 1. The Hall–Kier alpha value is -0.880. The van der Waals surface area contributed by atoms with Crippen LogP contribution < -0.4 is 4.72 Å². The van der Waals surface area contributed by atoms with E-state index in [-0.39, 0.29) is 16.0 Å². The minimum absolute atomic E-state index is 0.0839. The van der Waals surface area contributed by atoms with Gasteiger partial charge in [-0.3, -0.25) is 0 Å². The molecule has 1 unspecified atom stereocenters. The van der Waals surface area contributed by atoms with Gasteiger partial charge in [-0.25, -0.2) is 13.1 Å². The van der Waals surface area contributed by atoms with Crippen LogP contribution in [0.2, 0.25) is 5.02 Å². The fourth-order valence-corrected chi connectivity index (χ4v) is 4.22. The predicted octanol–water partition coefficient (Wildman–Crippen LogP) is 4.14. The molecule has 0 amide bonds. The van der Waals surface area contributed by atoms with Gasteiger partial charge in [0.05, 0.1) is 5.02 Å². The van der Waals surface area contributed by atoms with E-state index in [0.717, 1.165) is 10.0 Å². The average molecular weight is 375 g/mol. The van der Waals surface area contributed by atoms with Crippen molar-refractivity contribution in [2.45, 2.75) is 17.9 Å². The number of sulfonamides is 1. The standard InChI is InChI=1S/C14H13BrClNO2S/c1-10(11-6-2-3-7-12(11)15)17-20(18,19)14-9-5-4-8-13(14)16/h2-10,17H,1H3. The van der Waals surface area contributed by atoms with E-state index in [0.29, 0.717) is 0 Å². The van der Waals surface area contributed by atoms with Crippen molar-refractivity contribution in [1.82, 2.24) is 4.72 Å². The lowest BCUT2D eigenvalue weighted by Crippen LogP contribution is -2.27. The van der Waals surface area contributed by atoms with Crippen molar-refractivity contribution in [1.29, 1.82) is 0 Å². The van der Waals surface area contributed by atoms with Gasteiger partial charge in [-0.1, -0.05) is 57.9 Å². The lowest BCUT2D eigenvalue weighted by atomic mass is 10.1. The Bertz CT molecular complexity index is 719. The zero-order chi connectivity index (χ0) is 14.8. The van der Waals surface area contributed by atoms with Crippen LogP contribution in [-0.4, -0.2) is 8.42 Å². The molecule has 20 heavy (non-hydrogen) atoms. The van der Waals surface area contributed by atoms with Crippen molar-refractivity contribution in [3.8, 4) is 0 Å². The van der Waals surface area contributed by atoms with Gasteiger partial charge >= 0.3 is 0 Å². The molecule has 1 N–H and O–H groups in total. The van der Waals surface area contributed by atoms with Gasteiger partial charge in [-0.2, -0.15) is 0 Å². The molecule has 2 rings (SSSR count). The molecule has 0 saturated carbocycles. The van der Waals surface area contributed by atoms with Gasteiger partial charge in [0, 0.05) is 10.5 Å². The smallest absolute Gasteiger partial charge is 0.207 e. The van der Waals surface area contributed by atoms with Crippen LogP contribution in [0.3, 0.4) is 0 Å². The van der Waals surface area contributed by atoms with Crippen molar-refractivity contribution in [2.75, 3.05) is 0 Å². The molecule has 6 heteroatoms. The molecule has 0 heterocycles. The second-order valence-corrected chi connectivity index (χ2v) is 7.24. The maximum Gasteiger partial charge on any atom is 0.242 e. The Labute approximate surface area is 132 Å². The van der Waals surface area contributed by atoms with Crippen LogP contribution in [0.1, 0.15) is 18.5 Å². The first-order chi connectivity index (χ1) is 9.42. The highest BCUT2D eigenvalue weighted by Crippen LogP contribution is 2.26. The topological polar surface area (TPSA) is 46.2 Å². The fourth-order valence-electron chi connectivity index (χ4n) is 1.85. The molecule has 2 aromatic rings. The zero-order valence-electron chi connectivity index (χ0n) is 10.7. The van der Waals surface area contributed by atoms with Gasteiger partial charge in [0.2, 0.25) is 10.0 Å². The van der Waals surface area contributed by atoms with Crippen molar-refractivity contribution >= 4 is 37.6 Å². The molecular weight excluding hydrogens is 362 g/mol. The summed E-state index contributed by atoms with van der Waals surface area (Å²) in [5.41, 5.74) is 0.864. The van der Waals surface area contributed by atoms with Crippen molar-refractivity contribution in [3.63, 3.8) is 0 Å². The highest BCUT2D eigenvalue weighted by Gasteiger charge is 2.21. The largest absolute Gasteiger partial charge is 0.242 e. The lowest BCUT2D eigenvalue weighted by Gasteiger charge is -2.16. The molecule has 0 saturated heterocycles. The van der Waals surface area contributed by atoms with Crippen LogP contribution in [0, 0.1) is 0 Å². The second kappa shape index (κ2) is 6.26. The number of benzene rings is 2. The van der Waals surface area contributed by atoms with Crippen LogP contribution in [0.4, 0.5) is 0 Å². The third kappa shape index (κ3) is 3.41. The SMILES string of the molecule is CC(NS(=O)(=O)c1ccccc1Cl)c1ccccc1Br. The van der Waals surface area contributed by atoms with Crippen LogP contribution in [0.5, 0.6) is 0 Å². The second-order valence-electron chi connectivity index (χ2n) is 4.29. The van der Waals surface area contributed by atoms with Crippen LogP contribution in [-0.2, 0) is 10.0 Å². The van der Waals surface area contributed by atoms with Crippen LogP contribution in [0.25, 0.3) is 0 Å². The van der Waals surface area contributed by atoms with E-state index in [2.05, 4.69) is 20.7 Å². The van der Waals surface area contributed by atoms with Crippen molar-refractivity contribution < 1.29 is 8.42 Å². The van der Waals surface area contributed by atoms with E-state index in [1.807, 2.05) is 24.3 Å². The Morgan fingerprint density at radius 3 is 2.35 bits per heavy atom. The van der Waals surface area contributed by atoms with Gasteiger partial charge in [0.25, 0.3) is 0 Å². The molecule has 0 aliphatic carbocycles. The summed E-state index contributed by atoms with van der Waals surface area (Å²) in [7, 11) is -3.66. The summed E-state index contributed by atoms with van der Waals surface area (Å²) in [5, 5.41) is 0.208.